The van der Waals surface area contributed by atoms with Crippen molar-refractivity contribution in [3.05, 3.63) is 271 Å². The van der Waals surface area contributed by atoms with E-state index in [-0.39, 0.29) is 65.8 Å². The van der Waals surface area contributed by atoms with Crippen molar-refractivity contribution < 1.29 is 32.7 Å². The summed E-state index contributed by atoms with van der Waals surface area (Å²) in [6, 6.07) is 71.7. The summed E-state index contributed by atoms with van der Waals surface area (Å²) < 4.78 is 52.4. The van der Waals surface area contributed by atoms with Crippen LogP contribution in [0, 0.1) is 25.7 Å². The van der Waals surface area contributed by atoms with Crippen LogP contribution in [0.5, 0.6) is 11.5 Å². The summed E-state index contributed by atoms with van der Waals surface area (Å²) in [4.78, 5) is 11.9. The molecule has 11 aromatic rings. The average Bonchev–Trinajstić information content (AvgIpc) is 1.56. The zero-order valence-electron chi connectivity index (χ0n) is 62.0. The zero-order chi connectivity index (χ0) is 69.7. The first-order valence-electron chi connectivity index (χ1n) is 35.2. The van der Waals surface area contributed by atoms with Gasteiger partial charge in [0.15, 0.2) is 0 Å². The maximum absolute atomic E-state index is 9.41. The van der Waals surface area contributed by atoms with E-state index in [9.17, 15) is 2.74 Å². The monoisotopic (exact) mass is 1430 g/mol. The molecule has 476 valence electrons. The maximum atomic E-state index is 9.41. The van der Waals surface area contributed by atoms with Crippen LogP contribution in [-0.4, -0.2) is 13.1 Å². The van der Waals surface area contributed by atoms with E-state index in [1.165, 1.54) is 48.6 Å². The van der Waals surface area contributed by atoms with Gasteiger partial charge in [-0.1, -0.05) is 267 Å². The molecule has 4 heterocycles. The predicted molar refractivity (Wildman–Crippen MR) is 395 cm³/mol. The van der Waals surface area contributed by atoms with Crippen molar-refractivity contribution in [2.75, 3.05) is 14.7 Å². The Hall–Kier alpha value is -8.54. The molecule has 0 bridgehead atoms. The van der Waals surface area contributed by atoms with Crippen molar-refractivity contribution in [1.82, 2.24) is 4.98 Å². The second-order valence-electron chi connectivity index (χ2n) is 30.7. The SMILES string of the molecule is [2H]c1c([2H])c([2H])c(-c2cccc(-c3cc(C(C)(C)C)cc(C(C)(C)C)c3)c2N2[CH-]N(c3[c-]c(Oc4[c-]c5c(cc4)[Si]4(c6cc(C(C)(C)C)ccc6-c6ccc(C(C)(C)C)cc64)c4ccccc4N5c4cc(C)c(-c5ccc(C(C)(C)C)cc5)cn4)ccc3)c3ccccc32)c([2H])c1[2H].[Pt]. The topological polar surface area (TPSA) is 31.8 Å². The van der Waals surface area contributed by atoms with Crippen LogP contribution in [0.4, 0.5) is 39.9 Å². The van der Waals surface area contributed by atoms with Gasteiger partial charge in [0.25, 0.3) is 0 Å². The summed E-state index contributed by atoms with van der Waals surface area (Å²) >= 11 is 0. The Morgan fingerprint density at radius 1 is 0.426 bits per heavy atom. The normalized spacial score (nSPS) is 14.8. The van der Waals surface area contributed by atoms with Crippen LogP contribution in [0.3, 0.4) is 0 Å². The van der Waals surface area contributed by atoms with Gasteiger partial charge in [-0.3, -0.25) is 0 Å². The number of benzene rings is 10. The predicted octanol–water partition coefficient (Wildman–Crippen LogP) is 20.8. The number of ether oxygens (including phenoxy) is 1. The number of fused-ring (bicyclic) bond motifs is 10. The van der Waals surface area contributed by atoms with Gasteiger partial charge in [0.2, 0.25) is 0 Å². The fourth-order valence-corrected chi connectivity index (χ4v) is 19.5. The number of hydrogen-bond acceptors (Lipinski definition) is 5. The quantitative estimate of drug-likeness (QED) is 0.112. The molecule has 0 fully saturated rings. The van der Waals surface area contributed by atoms with E-state index in [4.69, 9.17) is 13.8 Å². The van der Waals surface area contributed by atoms with E-state index in [0.29, 0.717) is 28.4 Å². The van der Waals surface area contributed by atoms with Gasteiger partial charge in [-0.2, -0.15) is 12.1 Å². The number of anilines is 7. The van der Waals surface area contributed by atoms with Crippen molar-refractivity contribution >= 4 is 68.8 Å². The van der Waals surface area contributed by atoms with Crippen molar-refractivity contribution in [3.63, 3.8) is 0 Å². The van der Waals surface area contributed by atoms with Crippen LogP contribution in [0.25, 0.3) is 44.5 Å². The molecule has 14 rings (SSSR count). The second kappa shape index (κ2) is 23.4. The van der Waals surface area contributed by atoms with Crippen molar-refractivity contribution in [3.8, 4) is 56.0 Å². The summed E-state index contributed by atoms with van der Waals surface area (Å²) in [5.41, 5.74) is 18.8. The van der Waals surface area contributed by atoms with Gasteiger partial charge in [0.05, 0.1) is 6.85 Å². The molecule has 0 saturated carbocycles. The number of para-hydroxylation sites is 4. The number of rotatable bonds is 8. The third-order valence-electron chi connectivity index (χ3n) is 19.2. The second-order valence-corrected chi connectivity index (χ2v) is 34.4. The van der Waals surface area contributed by atoms with Crippen LogP contribution < -0.4 is 40.2 Å². The number of aromatic nitrogens is 1. The van der Waals surface area contributed by atoms with Crippen molar-refractivity contribution in [1.29, 1.82) is 0 Å². The molecule has 0 unspecified atom stereocenters. The molecule has 1 spiro atoms. The standard InChI is InChI=1S/C87H85N4OSi.Pt/c1-56-46-81(88-54-72(56)58-36-38-60(39-37-58)83(2,3)4)91-75-34-22-23-35-77(75)93(79-50-61(84(5,6)7)40-43-70(79)71-44-41-62(51-80(71)93)85(8,9)10)78-45-42-67(53-76(78)91)92-66-29-24-28-65(52-66)89-55-90(74-33-21-20-32-73(74)89)82-68(57-26-18-17-19-27-57)30-25-31-69(82)59-47-63(86(11,12)13)49-64(48-59)87(14,15)16;/h17-51,54-55H,1-16H3;/q-3;/i17D,18D,19D,26D,27D;. The van der Waals surface area contributed by atoms with Crippen LogP contribution in [0.15, 0.2) is 218 Å². The number of hydrogen-bond donors (Lipinski definition) is 0. The van der Waals surface area contributed by atoms with Gasteiger partial charge in [-0.15, -0.1) is 47.9 Å². The fourth-order valence-electron chi connectivity index (χ4n) is 14.0. The molecule has 1 aromatic heterocycles. The van der Waals surface area contributed by atoms with E-state index >= 15 is 0 Å². The first-order valence-corrected chi connectivity index (χ1v) is 34.7. The Bertz CT molecular complexity index is 4940. The third kappa shape index (κ3) is 11.2. The van der Waals surface area contributed by atoms with Gasteiger partial charge < -0.3 is 19.4 Å². The van der Waals surface area contributed by atoms with Crippen LogP contribution in [0.2, 0.25) is 0 Å². The maximum Gasteiger partial charge on any atom is 0.135 e. The van der Waals surface area contributed by atoms with E-state index in [1.54, 1.807) is 0 Å². The number of aryl methyl sites for hydroxylation is 1. The van der Waals surface area contributed by atoms with E-state index in [2.05, 4.69) is 277 Å². The molecule has 10 aromatic carbocycles. The van der Waals surface area contributed by atoms with Crippen LogP contribution >= 0.6 is 0 Å². The molecule has 7 heteroatoms. The smallest absolute Gasteiger partial charge is 0.135 e. The van der Waals surface area contributed by atoms with E-state index < -0.39 is 26.2 Å². The minimum Gasteiger partial charge on any atom is -0.509 e. The van der Waals surface area contributed by atoms with Crippen LogP contribution in [0.1, 0.15) is 144 Å². The number of nitrogens with zero attached hydrogens (tertiary/aromatic N) is 4. The van der Waals surface area contributed by atoms with Gasteiger partial charge in [-0.25, -0.2) is 4.98 Å². The van der Waals surface area contributed by atoms with Crippen molar-refractivity contribution in [2.45, 2.75) is 138 Å². The van der Waals surface area contributed by atoms with E-state index in [1.807, 2.05) is 55.3 Å². The summed E-state index contributed by atoms with van der Waals surface area (Å²) in [5, 5.41) is 5.23. The Balaban J connectivity index is 0.00000880. The Kier molecular flexibility index (Phi) is 14.5. The van der Waals surface area contributed by atoms with Crippen molar-refractivity contribution in [2.24, 2.45) is 0 Å². The summed E-state index contributed by atoms with van der Waals surface area (Å²) in [7, 11) is -3.22. The largest absolute Gasteiger partial charge is 0.509 e. The molecule has 94 heavy (non-hydrogen) atoms. The Morgan fingerprint density at radius 3 is 1.54 bits per heavy atom. The minimum absolute atomic E-state index is 0. The number of pyridine rings is 1. The average molecular weight is 1430 g/mol. The molecule has 5 nitrogen and oxygen atoms in total. The Morgan fingerprint density at radius 2 is 0.957 bits per heavy atom. The van der Waals surface area contributed by atoms with E-state index in [0.717, 1.165) is 67.5 Å². The van der Waals surface area contributed by atoms with Gasteiger partial charge in [0.1, 0.15) is 13.9 Å². The molecule has 3 aliphatic rings. The molecule has 0 amide bonds. The molecule has 0 N–H and O–H groups in total. The minimum atomic E-state index is -3.22. The van der Waals surface area contributed by atoms with Gasteiger partial charge in [0, 0.05) is 78.2 Å². The molecule has 0 saturated heterocycles. The molecule has 3 aliphatic heterocycles. The Labute approximate surface area is 581 Å². The zero-order valence-corrected chi connectivity index (χ0v) is 60.3. The molecule has 0 aliphatic carbocycles. The molecule has 0 radical (unpaired) electrons. The first-order chi connectivity index (χ1) is 46.2. The van der Waals surface area contributed by atoms with Gasteiger partial charge >= 0.3 is 0 Å². The summed E-state index contributed by atoms with van der Waals surface area (Å²) in [5.74, 6) is 1.77. The third-order valence-corrected chi connectivity index (χ3v) is 24.1. The summed E-state index contributed by atoms with van der Waals surface area (Å²) in [6.45, 7) is 38.1. The summed E-state index contributed by atoms with van der Waals surface area (Å²) in [6.07, 6.45) is 2.03. The first kappa shape index (κ1) is 58.1. The molecular weight excluding hydrogens is 1340 g/mol. The fraction of sp³-hybridized carbons (Fsp3) is 0.241. The molecule has 0 atom stereocenters. The van der Waals surface area contributed by atoms with Gasteiger partial charge in [-0.05, 0) is 135 Å². The van der Waals surface area contributed by atoms with Crippen LogP contribution in [-0.2, 0) is 48.1 Å². The molecular formula is C87H85N4OPtSi-3.